The number of benzene rings is 4. The maximum Gasteiger partial charge on any atom is 0.330 e. The molecule has 4 aromatic rings. The molecule has 2 atom stereocenters. The minimum absolute atomic E-state index is 0.0424. The molecule has 0 aliphatic carbocycles. The molecule has 0 heterocycles. The highest BCUT2D eigenvalue weighted by Gasteiger charge is 2.23. The summed E-state index contributed by atoms with van der Waals surface area (Å²) < 4.78 is 22.2. The van der Waals surface area contributed by atoms with Crippen LogP contribution in [0.25, 0.3) is 0 Å². The van der Waals surface area contributed by atoms with Crippen molar-refractivity contribution in [3.8, 4) is 23.0 Å². The number of amidine groups is 2. The lowest BCUT2D eigenvalue weighted by atomic mass is 10.1. The van der Waals surface area contributed by atoms with Crippen LogP contribution in [0.3, 0.4) is 0 Å². The van der Waals surface area contributed by atoms with E-state index in [1.165, 1.54) is 0 Å². The highest BCUT2D eigenvalue weighted by molar-refractivity contribution is 5.95. The number of anilines is 2. The number of hydrogen-bond acceptors (Lipinski definition) is 10. The van der Waals surface area contributed by atoms with Gasteiger partial charge in [-0.25, -0.2) is 9.59 Å². The molecule has 0 radical (unpaired) electrons. The SMILES string of the molecule is CCOc1ccc(C(Nc2ccc(C(=N)N)cc2)C(=O)O)cc1OCC.CCOc1ccc([C@@H](Nc2ccc(C(=N)N)cc2)C(=O)O)cc1OCC. The summed E-state index contributed by atoms with van der Waals surface area (Å²) in [6.07, 6.45) is 0. The molecule has 0 aromatic heterocycles. The Kier molecular flexibility index (Phi) is 15.1. The first-order valence-electron chi connectivity index (χ1n) is 16.6. The number of hydrogen-bond donors (Lipinski definition) is 8. The fraction of sp³-hybridized carbons (Fsp3) is 0.263. The number of nitrogens with one attached hydrogen (secondary N) is 4. The minimum Gasteiger partial charge on any atom is -0.490 e. The summed E-state index contributed by atoms with van der Waals surface area (Å²) in [7, 11) is 0. The van der Waals surface area contributed by atoms with Crippen LogP contribution in [0, 0.1) is 10.8 Å². The van der Waals surface area contributed by atoms with E-state index in [-0.39, 0.29) is 11.7 Å². The third-order valence-corrected chi connectivity index (χ3v) is 7.31. The molecule has 0 bridgehead atoms. The quantitative estimate of drug-likeness (QED) is 0.0437. The van der Waals surface area contributed by atoms with E-state index < -0.39 is 24.0 Å². The van der Waals surface area contributed by atoms with Crippen LogP contribution in [-0.4, -0.2) is 60.3 Å². The van der Waals surface area contributed by atoms with Gasteiger partial charge >= 0.3 is 11.9 Å². The topological polar surface area (TPSA) is 235 Å². The second-order valence-electron chi connectivity index (χ2n) is 11.0. The number of rotatable bonds is 18. The third-order valence-electron chi connectivity index (χ3n) is 7.31. The Morgan fingerprint density at radius 2 is 0.865 bits per heavy atom. The molecule has 0 spiro atoms. The molecule has 10 N–H and O–H groups in total. The molecule has 4 rings (SSSR count). The maximum atomic E-state index is 11.8. The Morgan fingerprint density at radius 1 is 0.558 bits per heavy atom. The van der Waals surface area contributed by atoms with Gasteiger partial charge in [0.2, 0.25) is 0 Å². The lowest BCUT2D eigenvalue weighted by molar-refractivity contribution is -0.139. The Bertz CT molecular complexity index is 1680. The Balaban J connectivity index is 0.000000280. The number of carbonyl (C=O) groups is 2. The number of carboxylic acid groups (broad SMARTS) is 2. The molecule has 0 amide bonds. The molecular formula is C38H46N6O8. The number of aliphatic carboxylic acids is 2. The number of nitrogens with two attached hydrogens (primary N) is 2. The molecule has 0 aliphatic heterocycles. The summed E-state index contributed by atoms with van der Waals surface area (Å²) in [5.74, 6) is 0.0395. The molecule has 14 heteroatoms. The van der Waals surface area contributed by atoms with Crippen LogP contribution in [0.2, 0.25) is 0 Å². The van der Waals surface area contributed by atoms with E-state index in [1.807, 2.05) is 27.7 Å². The number of nitrogen functional groups attached to an aromatic ring is 2. The van der Waals surface area contributed by atoms with E-state index in [2.05, 4.69) is 10.6 Å². The van der Waals surface area contributed by atoms with E-state index in [0.29, 0.717) is 83.1 Å². The molecule has 4 aromatic carbocycles. The highest BCUT2D eigenvalue weighted by Crippen LogP contribution is 2.33. The summed E-state index contributed by atoms with van der Waals surface area (Å²) in [5.41, 5.74) is 14.3. The van der Waals surface area contributed by atoms with Crippen molar-refractivity contribution in [1.29, 1.82) is 10.8 Å². The van der Waals surface area contributed by atoms with Crippen LogP contribution >= 0.6 is 0 Å². The molecule has 0 aliphatic rings. The van der Waals surface area contributed by atoms with Gasteiger partial charge in [-0.05, 0) is 112 Å². The van der Waals surface area contributed by atoms with E-state index in [4.69, 9.17) is 41.2 Å². The molecule has 14 nitrogen and oxygen atoms in total. The van der Waals surface area contributed by atoms with Crippen molar-refractivity contribution in [2.45, 2.75) is 39.8 Å². The first-order valence-corrected chi connectivity index (χ1v) is 16.6. The second-order valence-corrected chi connectivity index (χ2v) is 11.0. The molecule has 52 heavy (non-hydrogen) atoms. The Morgan fingerprint density at radius 3 is 1.13 bits per heavy atom. The zero-order valence-electron chi connectivity index (χ0n) is 29.6. The number of carboxylic acids is 2. The van der Waals surface area contributed by atoms with Crippen LogP contribution in [0.4, 0.5) is 11.4 Å². The van der Waals surface area contributed by atoms with Gasteiger partial charge in [0.05, 0.1) is 26.4 Å². The molecule has 276 valence electrons. The molecular weight excluding hydrogens is 668 g/mol. The lowest BCUT2D eigenvalue weighted by Gasteiger charge is -2.19. The van der Waals surface area contributed by atoms with Crippen molar-refractivity contribution in [1.82, 2.24) is 0 Å². The summed E-state index contributed by atoms with van der Waals surface area (Å²) in [5, 5.41) is 40.0. The van der Waals surface area contributed by atoms with Gasteiger partial charge in [-0.2, -0.15) is 0 Å². The van der Waals surface area contributed by atoms with Gasteiger partial charge in [0.15, 0.2) is 35.1 Å². The standard InChI is InChI=1S/2C19H23N3O4/c2*1-3-25-15-10-7-13(11-16(15)26-4-2)17(19(23)24)22-14-8-5-12(6-9-14)18(20)21/h2*5-11,17,22H,3-4H2,1-2H3,(H3,20,21)(H,23,24)/t17-;/m1./s1. The van der Waals surface area contributed by atoms with Crippen LogP contribution in [0.1, 0.15) is 62.0 Å². The van der Waals surface area contributed by atoms with Crippen molar-refractivity contribution in [2.75, 3.05) is 37.1 Å². The van der Waals surface area contributed by atoms with E-state index in [0.717, 1.165) is 0 Å². The summed E-state index contributed by atoms with van der Waals surface area (Å²) in [6, 6.07) is 21.6. The van der Waals surface area contributed by atoms with Gasteiger partial charge in [0.25, 0.3) is 0 Å². The van der Waals surface area contributed by atoms with Gasteiger partial charge in [-0.3, -0.25) is 10.8 Å². The average Bonchev–Trinajstić information content (AvgIpc) is 3.12. The second kappa shape index (κ2) is 19.7. The number of ether oxygens (including phenoxy) is 4. The first-order chi connectivity index (χ1) is 24.9. The predicted octanol–water partition coefficient (Wildman–Crippen LogP) is 6.01. The van der Waals surface area contributed by atoms with Crippen molar-refractivity contribution in [3.05, 3.63) is 107 Å². The normalized spacial score (nSPS) is 11.5. The van der Waals surface area contributed by atoms with Gasteiger partial charge in [0.1, 0.15) is 11.7 Å². The zero-order valence-corrected chi connectivity index (χ0v) is 29.6. The average molecular weight is 715 g/mol. The van der Waals surface area contributed by atoms with Crippen molar-refractivity contribution in [3.63, 3.8) is 0 Å². The van der Waals surface area contributed by atoms with Crippen molar-refractivity contribution in [2.24, 2.45) is 11.5 Å². The van der Waals surface area contributed by atoms with E-state index in [1.54, 1.807) is 84.9 Å². The van der Waals surface area contributed by atoms with Gasteiger partial charge < -0.3 is 51.3 Å². The zero-order chi connectivity index (χ0) is 38.2. The van der Waals surface area contributed by atoms with Crippen LogP contribution in [0.5, 0.6) is 23.0 Å². The minimum atomic E-state index is -1.02. The fourth-order valence-electron chi connectivity index (χ4n) is 4.90. The Hall–Kier alpha value is -6.44. The van der Waals surface area contributed by atoms with E-state index in [9.17, 15) is 19.8 Å². The van der Waals surface area contributed by atoms with Crippen molar-refractivity contribution >= 4 is 35.0 Å². The molecule has 0 saturated heterocycles. The first kappa shape index (κ1) is 40.0. The summed E-state index contributed by atoms with van der Waals surface area (Å²) in [4.78, 5) is 23.5. The molecule has 1 unspecified atom stereocenters. The fourth-order valence-corrected chi connectivity index (χ4v) is 4.90. The maximum absolute atomic E-state index is 11.8. The van der Waals surface area contributed by atoms with Gasteiger partial charge in [-0.1, -0.05) is 12.1 Å². The van der Waals surface area contributed by atoms with Gasteiger partial charge in [-0.15, -0.1) is 0 Å². The molecule has 0 saturated carbocycles. The lowest BCUT2D eigenvalue weighted by Crippen LogP contribution is -2.21. The van der Waals surface area contributed by atoms with Crippen molar-refractivity contribution < 1.29 is 38.7 Å². The van der Waals surface area contributed by atoms with Crippen LogP contribution < -0.4 is 41.0 Å². The Labute approximate surface area is 302 Å². The van der Waals surface area contributed by atoms with Gasteiger partial charge in [0, 0.05) is 22.5 Å². The monoisotopic (exact) mass is 714 g/mol. The highest BCUT2D eigenvalue weighted by atomic mass is 16.5. The summed E-state index contributed by atoms with van der Waals surface area (Å²) >= 11 is 0. The third kappa shape index (κ3) is 11.3. The predicted molar refractivity (Wildman–Crippen MR) is 200 cm³/mol. The largest absolute Gasteiger partial charge is 0.490 e. The molecule has 0 fully saturated rings. The summed E-state index contributed by atoms with van der Waals surface area (Å²) in [6.45, 7) is 9.32. The van der Waals surface area contributed by atoms with E-state index >= 15 is 0 Å². The van der Waals surface area contributed by atoms with Crippen LogP contribution in [-0.2, 0) is 9.59 Å². The smallest absolute Gasteiger partial charge is 0.330 e. The van der Waals surface area contributed by atoms with Crippen LogP contribution in [0.15, 0.2) is 84.9 Å².